The summed E-state index contributed by atoms with van der Waals surface area (Å²) in [5.41, 5.74) is 2.59. The van der Waals surface area contributed by atoms with Gasteiger partial charge in [0.05, 0.1) is 23.0 Å². The van der Waals surface area contributed by atoms with Gasteiger partial charge >= 0.3 is 0 Å². The number of rotatable bonds is 7. The third kappa shape index (κ3) is 5.15. The summed E-state index contributed by atoms with van der Waals surface area (Å²) in [5.74, 6) is 0.752. The number of hydrogen-bond acceptors (Lipinski definition) is 6. The molecule has 0 spiro atoms. The third-order valence-electron chi connectivity index (χ3n) is 5.71. The molecule has 1 aliphatic rings. The lowest BCUT2D eigenvalue weighted by molar-refractivity contribution is -0.123. The van der Waals surface area contributed by atoms with Gasteiger partial charge in [-0.2, -0.15) is 0 Å². The monoisotopic (exact) mass is 560 g/mol. The number of carbonyl (C=O) groups excluding carboxylic acids is 2. The number of benzene rings is 3. The van der Waals surface area contributed by atoms with E-state index in [2.05, 4.69) is 20.9 Å². The fourth-order valence-electron chi connectivity index (χ4n) is 3.91. The molecule has 0 saturated carbocycles. The highest BCUT2D eigenvalue weighted by Crippen LogP contribution is 2.39. The van der Waals surface area contributed by atoms with Crippen molar-refractivity contribution >= 4 is 55.7 Å². The predicted molar refractivity (Wildman–Crippen MR) is 145 cm³/mol. The molecule has 6 nitrogen and oxygen atoms in total. The predicted octanol–water partition coefficient (Wildman–Crippen LogP) is 6.82. The SMILES string of the molecule is COc1cc(/C=C2\SC(=O)N(Cc3ccc4ccccc4c3)C2=O)cc(Br)c1OCc1ccncc1. The number of fused-ring (bicyclic) bond motifs is 1. The highest BCUT2D eigenvalue weighted by molar-refractivity contribution is 9.10. The number of amides is 2. The van der Waals surface area contributed by atoms with Crippen LogP contribution in [-0.2, 0) is 17.9 Å². The quantitative estimate of drug-likeness (QED) is 0.231. The van der Waals surface area contributed by atoms with E-state index in [1.807, 2.05) is 60.7 Å². The molecule has 8 heteroatoms. The minimum Gasteiger partial charge on any atom is -0.493 e. The van der Waals surface area contributed by atoms with Crippen molar-refractivity contribution in [2.45, 2.75) is 13.2 Å². The van der Waals surface area contributed by atoms with Gasteiger partial charge in [-0.1, -0.05) is 36.4 Å². The van der Waals surface area contributed by atoms with Gasteiger partial charge in [0.15, 0.2) is 11.5 Å². The number of thioether (sulfide) groups is 1. The second kappa shape index (κ2) is 10.6. The van der Waals surface area contributed by atoms with Crippen LogP contribution < -0.4 is 9.47 Å². The Morgan fingerprint density at radius 2 is 1.75 bits per heavy atom. The lowest BCUT2D eigenvalue weighted by Gasteiger charge is -2.14. The minimum atomic E-state index is -0.314. The van der Waals surface area contributed by atoms with Crippen LogP contribution in [0.3, 0.4) is 0 Å². The van der Waals surface area contributed by atoms with E-state index in [4.69, 9.17) is 9.47 Å². The molecular weight excluding hydrogens is 540 g/mol. The summed E-state index contributed by atoms with van der Waals surface area (Å²) in [6, 6.07) is 21.3. The molecule has 180 valence electrons. The van der Waals surface area contributed by atoms with Crippen molar-refractivity contribution in [2.24, 2.45) is 0 Å². The summed E-state index contributed by atoms with van der Waals surface area (Å²) >= 11 is 4.48. The first-order valence-electron chi connectivity index (χ1n) is 11.1. The average molecular weight is 561 g/mol. The van der Waals surface area contributed by atoms with Crippen molar-refractivity contribution in [1.82, 2.24) is 9.88 Å². The number of methoxy groups -OCH3 is 1. The number of ether oxygens (including phenoxy) is 2. The molecular formula is C28H21BrN2O4S. The number of halogens is 1. The first-order chi connectivity index (χ1) is 17.5. The molecule has 1 saturated heterocycles. The molecule has 1 fully saturated rings. The summed E-state index contributed by atoms with van der Waals surface area (Å²) in [6.45, 7) is 0.576. The maximum atomic E-state index is 13.1. The maximum absolute atomic E-state index is 13.1. The second-order valence-electron chi connectivity index (χ2n) is 8.13. The van der Waals surface area contributed by atoms with Gasteiger partial charge in [0, 0.05) is 12.4 Å². The van der Waals surface area contributed by atoms with Crippen LogP contribution in [0.15, 0.2) is 88.5 Å². The van der Waals surface area contributed by atoms with Crippen LogP contribution in [0.1, 0.15) is 16.7 Å². The van der Waals surface area contributed by atoms with Gasteiger partial charge in [0.2, 0.25) is 0 Å². The highest BCUT2D eigenvalue weighted by Gasteiger charge is 2.35. The molecule has 0 N–H and O–H groups in total. The Kier molecular flexibility index (Phi) is 7.06. The van der Waals surface area contributed by atoms with E-state index in [9.17, 15) is 9.59 Å². The summed E-state index contributed by atoms with van der Waals surface area (Å²) in [5, 5.41) is 1.89. The van der Waals surface area contributed by atoms with Crippen LogP contribution in [0.4, 0.5) is 4.79 Å². The topological polar surface area (TPSA) is 68.7 Å². The van der Waals surface area contributed by atoms with E-state index >= 15 is 0 Å². The van der Waals surface area contributed by atoms with Crippen LogP contribution in [0.25, 0.3) is 16.8 Å². The Bertz CT molecular complexity index is 1490. The molecule has 2 amide bonds. The molecule has 0 bridgehead atoms. The minimum absolute atomic E-state index is 0.224. The smallest absolute Gasteiger partial charge is 0.293 e. The van der Waals surface area contributed by atoms with Gasteiger partial charge in [0.1, 0.15) is 6.61 Å². The van der Waals surface area contributed by atoms with Crippen molar-refractivity contribution in [3.05, 3.63) is 105 Å². The zero-order chi connectivity index (χ0) is 25.1. The standard InChI is InChI=1S/C28H21BrN2O4S/c1-34-24-14-20(13-23(29)26(24)35-17-18-8-10-30-11-9-18)15-25-27(32)31(28(33)36-25)16-19-6-7-21-4-2-3-5-22(21)12-19/h2-15H,16-17H2,1H3/b25-15-. The number of pyridine rings is 1. The Hall–Kier alpha value is -3.62. The van der Waals surface area contributed by atoms with Gasteiger partial charge < -0.3 is 9.47 Å². The fourth-order valence-corrected chi connectivity index (χ4v) is 5.32. The molecule has 5 rings (SSSR count). The largest absolute Gasteiger partial charge is 0.493 e. The fraction of sp³-hybridized carbons (Fsp3) is 0.107. The molecule has 4 aromatic rings. The van der Waals surface area contributed by atoms with Crippen molar-refractivity contribution in [3.63, 3.8) is 0 Å². The average Bonchev–Trinajstić information content (AvgIpc) is 3.15. The summed E-state index contributed by atoms with van der Waals surface area (Å²) in [6.07, 6.45) is 5.12. The molecule has 3 aromatic carbocycles. The summed E-state index contributed by atoms with van der Waals surface area (Å²) < 4.78 is 12.2. The lowest BCUT2D eigenvalue weighted by Crippen LogP contribution is -2.27. The first-order valence-corrected chi connectivity index (χ1v) is 12.7. The number of nitrogens with zero attached hydrogens (tertiary/aromatic N) is 2. The Morgan fingerprint density at radius 1 is 0.972 bits per heavy atom. The van der Waals surface area contributed by atoms with E-state index in [-0.39, 0.29) is 17.7 Å². The molecule has 0 aliphatic carbocycles. The molecule has 2 heterocycles. The number of hydrogen-bond donors (Lipinski definition) is 0. The third-order valence-corrected chi connectivity index (χ3v) is 7.21. The van der Waals surface area contributed by atoms with Gasteiger partial charge in [-0.15, -0.1) is 0 Å². The number of carbonyl (C=O) groups is 2. The molecule has 1 aliphatic heterocycles. The van der Waals surface area contributed by atoms with Crippen molar-refractivity contribution in [2.75, 3.05) is 7.11 Å². The molecule has 0 radical (unpaired) electrons. The molecule has 0 unspecified atom stereocenters. The van der Waals surface area contributed by atoms with Gasteiger partial charge in [-0.05, 0) is 91.6 Å². The van der Waals surface area contributed by atoms with Crippen molar-refractivity contribution < 1.29 is 19.1 Å². The lowest BCUT2D eigenvalue weighted by atomic mass is 10.1. The Morgan fingerprint density at radius 3 is 2.53 bits per heavy atom. The molecule has 36 heavy (non-hydrogen) atoms. The zero-order valence-electron chi connectivity index (χ0n) is 19.3. The van der Waals surface area contributed by atoms with E-state index < -0.39 is 0 Å². The van der Waals surface area contributed by atoms with E-state index in [1.54, 1.807) is 31.6 Å². The van der Waals surface area contributed by atoms with Gasteiger partial charge in [-0.25, -0.2) is 0 Å². The first kappa shape index (κ1) is 24.1. The molecule has 1 aromatic heterocycles. The van der Waals surface area contributed by atoms with Crippen LogP contribution >= 0.6 is 27.7 Å². The Labute approximate surface area is 221 Å². The van der Waals surface area contributed by atoms with E-state index in [1.165, 1.54) is 4.90 Å². The van der Waals surface area contributed by atoms with Crippen LogP contribution in [0, 0.1) is 0 Å². The number of imide groups is 1. The van der Waals surface area contributed by atoms with Crippen LogP contribution in [0.5, 0.6) is 11.5 Å². The van der Waals surface area contributed by atoms with Crippen molar-refractivity contribution in [1.29, 1.82) is 0 Å². The highest BCUT2D eigenvalue weighted by atomic mass is 79.9. The van der Waals surface area contributed by atoms with E-state index in [0.29, 0.717) is 33.0 Å². The maximum Gasteiger partial charge on any atom is 0.293 e. The summed E-state index contributed by atoms with van der Waals surface area (Å²) in [7, 11) is 1.56. The van der Waals surface area contributed by atoms with E-state index in [0.717, 1.165) is 33.7 Å². The van der Waals surface area contributed by atoms with Gasteiger partial charge in [0.25, 0.3) is 11.1 Å². The van der Waals surface area contributed by atoms with Crippen LogP contribution in [-0.4, -0.2) is 28.1 Å². The van der Waals surface area contributed by atoms with Crippen molar-refractivity contribution in [3.8, 4) is 11.5 Å². The van der Waals surface area contributed by atoms with Gasteiger partial charge in [-0.3, -0.25) is 19.5 Å². The summed E-state index contributed by atoms with van der Waals surface area (Å²) in [4.78, 5) is 31.4. The van der Waals surface area contributed by atoms with Crippen LogP contribution in [0.2, 0.25) is 0 Å². The molecule has 0 atom stereocenters. The normalized spacial score (nSPS) is 14.6. The Balaban J connectivity index is 1.35. The zero-order valence-corrected chi connectivity index (χ0v) is 21.7. The number of aromatic nitrogens is 1. The second-order valence-corrected chi connectivity index (χ2v) is 9.98.